The normalized spacial score (nSPS) is 12.5. The summed E-state index contributed by atoms with van der Waals surface area (Å²) in [7, 11) is 3.70. The third-order valence-corrected chi connectivity index (χ3v) is 2.34. The van der Waals surface area contributed by atoms with Gasteiger partial charge in [0.05, 0.1) is 6.54 Å². The molecule has 0 aromatic rings. The number of likely N-dealkylation sites (N-methyl/N-ethyl adjacent to an activating group) is 1. The Morgan fingerprint density at radius 2 is 1.76 bits per heavy atom. The number of carbonyl (C=O) groups is 1. The Kier molecular flexibility index (Phi) is 6.81. The minimum absolute atomic E-state index is 0.220. The first-order valence-electron chi connectivity index (χ1n) is 5.95. The molecule has 0 heterocycles. The third kappa shape index (κ3) is 6.95. The molecule has 3 nitrogen and oxygen atoms in total. The molecule has 0 aliphatic heterocycles. The number of hydrogen-bond acceptors (Lipinski definition) is 3. The Balaban J connectivity index is 4.92. The largest absolute Gasteiger partial charge is 0.426 e. The van der Waals surface area contributed by atoms with Gasteiger partial charge in [-0.1, -0.05) is 19.4 Å². The summed E-state index contributed by atoms with van der Waals surface area (Å²) in [6.07, 6.45) is 1.92. The van der Waals surface area contributed by atoms with E-state index in [9.17, 15) is 4.79 Å². The molecule has 0 amide bonds. The third-order valence-electron chi connectivity index (χ3n) is 2.34. The maximum atomic E-state index is 11.6. The number of carbonyl (C=O) groups excluding carboxylic acids is 1. The molecular weight excluding hydrogens is 214 g/mol. The van der Waals surface area contributed by atoms with E-state index in [0.29, 0.717) is 18.2 Å². The quantitative estimate of drug-likeness (QED) is 0.419. The molecule has 0 fully saturated rings. The van der Waals surface area contributed by atoms with Gasteiger partial charge < -0.3 is 4.74 Å². The maximum absolute atomic E-state index is 11.6. The van der Waals surface area contributed by atoms with Crippen LogP contribution in [-0.4, -0.2) is 31.5 Å². The van der Waals surface area contributed by atoms with E-state index in [-0.39, 0.29) is 5.97 Å². The molecule has 0 rings (SSSR count). The number of hydrogen-bond donors (Lipinski definition) is 0. The second kappa shape index (κ2) is 7.28. The smallest absolute Gasteiger partial charge is 0.325 e. The zero-order chi connectivity index (χ0) is 13.6. The van der Waals surface area contributed by atoms with Crippen LogP contribution >= 0.6 is 0 Å². The number of ether oxygens (including phenoxy) is 1. The highest BCUT2D eigenvalue weighted by molar-refractivity contribution is 5.73. The van der Waals surface area contributed by atoms with Crippen LogP contribution in [0.2, 0.25) is 0 Å². The zero-order valence-corrected chi connectivity index (χ0v) is 12.1. The van der Waals surface area contributed by atoms with Crippen LogP contribution in [0, 0.1) is 5.92 Å². The first-order chi connectivity index (χ1) is 7.73. The fourth-order valence-corrected chi connectivity index (χ4v) is 1.18. The minimum Gasteiger partial charge on any atom is -0.426 e. The predicted octanol–water partition coefficient (Wildman–Crippen LogP) is 2.99. The van der Waals surface area contributed by atoms with E-state index in [1.807, 2.05) is 40.9 Å². The molecule has 0 saturated heterocycles. The molecule has 0 aromatic heterocycles. The van der Waals surface area contributed by atoms with Gasteiger partial charge in [0.2, 0.25) is 0 Å². The van der Waals surface area contributed by atoms with Gasteiger partial charge in [-0.15, -0.1) is 0 Å². The number of rotatable bonds is 5. The van der Waals surface area contributed by atoms with E-state index in [2.05, 4.69) is 13.8 Å². The number of allylic oxidation sites excluding steroid dienone is 3. The SMILES string of the molecule is CC(C)=C/C(OC(=O)CN(C)C)=C(\C)C(C)C. The van der Waals surface area contributed by atoms with Crippen LogP contribution in [0.1, 0.15) is 34.6 Å². The second-order valence-corrected chi connectivity index (χ2v) is 5.14. The van der Waals surface area contributed by atoms with Gasteiger partial charge >= 0.3 is 5.97 Å². The molecule has 0 aliphatic carbocycles. The highest BCUT2D eigenvalue weighted by Gasteiger charge is 2.11. The van der Waals surface area contributed by atoms with Gasteiger partial charge in [0.1, 0.15) is 5.76 Å². The average Bonchev–Trinajstić information content (AvgIpc) is 2.13. The van der Waals surface area contributed by atoms with Gasteiger partial charge in [-0.3, -0.25) is 9.69 Å². The summed E-state index contributed by atoms with van der Waals surface area (Å²) in [5.74, 6) is 0.835. The van der Waals surface area contributed by atoms with Gasteiger partial charge in [0, 0.05) is 0 Å². The molecule has 0 aromatic carbocycles. The number of esters is 1. The molecule has 0 atom stereocenters. The molecule has 0 radical (unpaired) electrons. The van der Waals surface area contributed by atoms with Crippen molar-refractivity contribution in [3.63, 3.8) is 0 Å². The zero-order valence-electron chi connectivity index (χ0n) is 12.1. The van der Waals surface area contributed by atoms with E-state index in [1.165, 1.54) is 0 Å². The van der Waals surface area contributed by atoms with Gasteiger partial charge in [-0.05, 0) is 52.4 Å². The van der Waals surface area contributed by atoms with Crippen molar-refractivity contribution in [2.75, 3.05) is 20.6 Å². The van der Waals surface area contributed by atoms with Crippen molar-refractivity contribution in [2.24, 2.45) is 5.92 Å². The van der Waals surface area contributed by atoms with E-state index in [4.69, 9.17) is 4.74 Å². The predicted molar refractivity (Wildman–Crippen MR) is 71.6 cm³/mol. The average molecular weight is 239 g/mol. The van der Waals surface area contributed by atoms with Crippen molar-refractivity contribution in [1.82, 2.24) is 4.90 Å². The molecule has 0 bridgehead atoms. The molecular formula is C14H25NO2. The first kappa shape index (κ1) is 15.9. The summed E-state index contributed by atoms with van der Waals surface area (Å²) in [5.41, 5.74) is 2.22. The molecule has 0 unspecified atom stereocenters. The highest BCUT2D eigenvalue weighted by atomic mass is 16.5. The Morgan fingerprint density at radius 1 is 1.24 bits per heavy atom. The van der Waals surface area contributed by atoms with Crippen LogP contribution < -0.4 is 0 Å². The van der Waals surface area contributed by atoms with Crippen molar-refractivity contribution in [3.05, 3.63) is 23.0 Å². The fraction of sp³-hybridized carbons (Fsp3) is 0.643. The summed E-state index contributed by atoms with van der Waals surface area (Å²) in [4.78, 5) is 13.4. The van der Waals surface area contributed by atoms with Crippen molar-refractivity contribution in [3.8, 4) is 0 Å². The van der Waals surface area contributed by atoms with E-state index in [0.717, 1.165) is 11.1 Å². The van der Waals surface area contributed by atoms with Crippen LogP contribution in [0.15, 0.2) is 23.0 Å². The summed E-state index contributed by atoms with van der Waals surface area (Å²) >= 11 is 0. The van der Waals surface area contributed by atoms with E-state index < -0.39 is 0 Å². The molecule has 17 heavy (non-hydrogen) atoms. The summed E-state index contributed by atoms with van der Waals surface area (Å²) in [5, 5.41) is 0. The van der Waals surface area contributed by atoms with Crippen molar-refractivity contribution >= 4 is 5.97 Å². The summed E-state index contributed by atoms with van der Waals surface area (Å²) in [6, 6.07) is 0. The Bertz CT molecular complexity index is 321. The highest BCUT2D eigenvalue weighted by Crippen LogP contribution is 2.18. The Hall–Kier alpha value is -1.09. The maximum Gasteiger partial charge on any atom is 0.325 e. The lowest BCUT2D eigenvalue weighted by Gasteiger charge is -2.14. The first-order valence-corrected chi connectivity index (χ1v) is 5.95. The van der Waals surface area contributed by atoms with Crippen LogP contribution in [-0.2, 0) is 9.53 Å². The lowest BCUT2D eigenvalue weighted by molar-refractivity contribution is -0.139. The molecule has 98 valence electrons. The van der Waals surface area contributed by atoms with Crippen LogP contribution in [0.4, 0.5) is 0 Å². The van der Waals surface area contributed by atoms with Gasteiger partial charge in [0.25, 0.3) is 0 Å². The lowest BCUT2D eigenvalue weighted by atomic mass is 10.0. The van der Waals surface area contributed by atoms with Crippen LogP contribution in [0.25, 0.3) is 0 Å². The molecule has 0 spiro atoms. The Labute approximate surface area is 105 Å². The Morgan fingerprint density at radius 3 is 2.12 bits per heavy atom. The lowest BCUT2D eigenvalue weighted by Crippen LogP contribution is -2.23. The van der Waals surface area contributed by atoms with Crippen molar-refractivity contribution < 1.29 is 9.53 Å². The van der Waals surface area contributed by atoms with Gasteiger partial charge in [-0.25, -0.2) is 0 Å². The van der Waals surface area contributed by atoms with Crippen LogP contribution in [0.5, 0.6) is 0 Å². The van der Waals surface area contributed by atoms with Gasteiger partial charge in [0.15, 0.2) is 0 Å². The standard InChI is InChI=1S/C14H25NO2/c1-10(2)8-13(12(5)11(3)4)17-14(16)9-15(6)7/h8,11H,9H2,1-7H3/b13-12-. The molecule has 0 N–H and O–H groups in total. The van der Waals surface area contributed by atoms with Gasteiger partial charge in [-0.2, -0.15) is 0 Å². The molecule has 0 saturated carbocycles. The van der Waals surface area contributed by atoms with Crippen LogP contribution in [0.3, 0.4) is 0 Å². The number of nitrogens with zero attached hydrogens (tertiary/aromatic N) is 1. The molecule has 3 heteroatoms. The summed E-state index contributed by atoms with van der Waals surface area (Å²) in [6.45, 7) is 10.5. The van der Waals surface area contributed by atoms with E-state index >= 15 is 0 Å². The molecule has 0 aliphatic rings. The fourth-order valence-electron chi connectivity index (χ4n) is 1.18. The minimum atomic E-state index is -0.220. The van der Waals surface area contributed by atoms with Crippen molar-refractivity contribution in [2.45, 2.75) is 34.6 Å². The van der Waals surface area contributed by atoms with Crippen molar-refractivity contribution in [1.29, 1.82) is 0 Å². The second-order valence-electron chi connectivity index (χ2n) is 5.14. The summed E-state index contributed by atoms with van der Waals surface area (Å²) < 4.78 is 5.42. The monoisotopic (exact) mass is 239 g/mol. The topological polar surface area (TPSA) is 29.5 Å². The van der Waals surface area contributed by atoms with E-state index in [1.54, 1.807) is 4.90 Å².